The van der Waals surface area contributed by atoms with Gasteiger partial charge in [0.15, 0.2) is 5.82 Å². The summed E-state index contributed by atoms with van der Waals surface area (Å²) in [4.78, 5) is 28.8. The van der Waals surface area contributed by atoms with E-state index in [0.717, 1.165) is 5.39 Å². The van der Waals surface area contributed by atoms with Crippen LogP contribution in [0.2, 0.25) is 0 Å². The zero-order valence-electron chi connectivity index (χ0n) is 13.2. The van der Waals surface area contributed by atoms with Crippen molar-refractivity contribution < 1.29 is 14.1 Å². The minimum absolute atomic E-state index is 0.0687. The van der Waals surface area contributed by atoms with E-state index >= 15 is 0 Å². The van der Waals surface area contributed by atoms with Gasteiger partial charge in [-0.15, -0.1) is 0 Å². The molecule has 0 saturated heterocycles. The maximum absolute atomic E-state index is 12.4. The average molecular weight is 325 g/mol. The molecule has 0 saturated carbocycles. The van der Waals surface area contributed by atoms with E-state index in [2.05, 4.69) is 20.8 Å². The van der Waals surface area contributed by atoms with Crippen molar-refractivity contribution >= 4 is 28.7 Å². The summed E-state index contributed by atoms with van der Waals surface area (Å²) in [6.07, 6.45) is 0. The molecule has 1 aliphatic rings. The van der Waals surface area contributed by atoms with Crippen molar-refractivity contribution in [3.8, 4) is 0 Å². The monoisotopic (exact) mass is 325 g/mol. The number of amides is 2. The van der Waals surface area contributed by atoms with Gasteiger partial charge < -0.3 is 19.7 Å². The molecule has 24 heavy (non-hydrogen) atoms. The summed E-state index contributed by atoms with van der Waals surface area (Å²) in [7, 11) is 0. The molecular formula is C16H15N5O3. The fraction of sp³-hybridized carbons (Fsp3) is 0.250. The largest absolute Gasteiger partial charge is 0.360 e. The van der Waals surface area contributed by atoms with Crippen LogP contribution in [0.5, 0.6) is 0 Å². The number of fused-ring (bicyclic) bond motifs is 3. The number of carbonyl (C=O) groups is 2. The van der Waals surface area contributed by atoms with Gasteiger partial charge in [0.25, 0.3) is 11.8 Å². The van der Waals surface area contributed by atoms with Crippen molar-refractivity contribution in [3.63, 3.8) is 0 Å². The molecule has 3 aromatic heterocycles. The highest BCUT2D eigenvalue weighted by Gasteiger charge is 2.25. The van der Waals surface area contributed by atoms with E-state index in [1.807, 2.05) is 11.5 Å². The first-order valence-corrected chi connectivity index (χ1v) is 7.58. The van der Waals surface area contributed by atoms with Crippen molar-refractivity contribution in [2.45, 2.75) is 19.9 Å². The van der Waals surface area contributed by atoms with Gasteiger partial charge in [0.05, 0.1) is 6.04 Å². The van der Waals surface area contributed by atoms with Crippen molar-refractivity contribution in [3.05, 3.63) is 41.4 Å². The first kappa shape index (κ1) is 14.4. The lowest BCUT2D eigenvalue weighted by atomic mass is 10.2. The third-order valence-corrected chi connectivity index (χ3v) is 4.02. The predicted octanol–water partition coefficient (Wildman–Crippen LogP) is 1.89. The Balaban J connectivity index is 1.74. The normalized spacial score (nSPS) is 16.8. The van der Waals surface area contributed by atoms with Crippen LogP contribution in [0.1, 0.15) is 39.7 Å². The summed E-state index contributed by atoms with van der Waals surface area (Å²) >= 11 is 0. The van der Waals surface area contributed by atoms with Gasteiger partial charge in [-0.05, 0) is 32.0 Å². The zero-order chi connectivity index (χ0) is 16.8. The van der Waals surface area contributed by atoms with Gasteiger partial charge in [-0.1, -0.05) is 5.16 Å². The Kier molecular flexibility index (Phi) is 3.12. The summed E-state index contributed by atoms with van der Waals surface area (Å²) in [6.45, 7) is 4.27. The Morgan fingerprint density at radius 3 is 3.00 bits per heavy atom. The highest BCUT2D eigenvalue weighted by Crippen LogP contribution is 2.25. The van der Waals surface area contributed by atoms with E-state index in [9.17, 15) is 9.59 Å². The van der Waals surface area contributed by atoms with Gasteiger partial charge in [-0.25, -0.2) is 4.98 Å². The molecule has 4 heterocycles. The molecule has 4 rings (SSSR count). The smallest absolute Gasteiger partial charge is 0.275 e. The number of hydrogen-bond donors (Lipinski definition) is 2. The highest BCUT2D eigenvalue weighted by molar-refractivity contribution is 6.04. The second kappa shape index (κ2) is 5.19. The minimum Gasteiger partial charge on any atom is -0.360 e. The summed E-state index contributed by atoms with van der Waals surface area (Å²) in [5, 5.41) is 10.0. The number of anilines is 1. The third kappa shape index (κ3) is 2.23. The lowest BCUT2D eigenvalue weighted by Gasteiger charge is -2.23. The second-order valence-corrected chi connectivity index (χ2v) is 5.84. The Morgan fingerprint density at radius 2 is 2.25 bits per heavy atom. The van der Waals surface area contributed by atoms with E-state index in [4.69, 9.17) is 4.52 Å². The first-order chi connectivity index (χ1) is 11.5. The number of carbonyl (C=O) groups excluding carboxylic acids is 2. The van der Waals surface area contributed by atoms with Crippen LogP contribution in [0.4, 0.5) is 5.82 Å². The van der Waals surface area contributed by atoms with Gasteiger partial charge in [-0.3, -0.25) is 9.59 Å². The fourth-order valence-electron chi connectivity index (χ4n) is 2.87. The molecule has 2 N–H and O–H groups in total. The molecule has 2 amide bonds. The molecule has 0 aliphatic carbocycles. The molecule has 0 unspecified atom stereocenters. The van der Waals surface area contributed by atoms with Crippen molar-refractivity contribution in [1.29, 1.82) is 0 Å². The maximum Gasteiger partial charge on any atom is 0.275 e. The number of pyridine rings is 1. The van der Waals surface area contributed by atoms with Crippen LogP contribution in [0, 0.1) is 6.92 Å². The lowest BCUT2D eigenvalue weighted by molar-refractivity contribution is 0.0918. The maximum atomic E-state index is 12.4. The predicted molar refractivity (Wildman–Crippen MR) is 86.0 cm³/mol. The highest BCUT2D eigenvalue weighted by atomic mass is 16.5. The Bertz CT molecular complexity index is 971. The summed E-state index contributed by atoms with van der Waals surface area (Å²) in [5.74, 6) is 0.433. The van der Waals surface area contributed by atoms with Crippen molar-refractivity contribution in [2.75, 3.05) is 11.9 Å². The van der Waals surface area contributed by atoms with E-state index in [1.54, 1.807) is 31.2 Å². The molecule has 0 fully saturated rings. The SMILES string of the molecule is Cc1cc(NC(=O)c2ccc3cc4n(c3n2)[C@@H](C)CNC4=O)no1. The van der Waals surface area contributed by atoms with Crippen LogP contribution in [0.25, 0.3) is 11.0 Å². The number of aryl methyl sites for hydroxylation is 1. The molecule has 0 spiro atoms. The molecule has 8 heteroatoms. The van der Waals surface area contributed by atoms with Crippen molar-refractivity contribution in [2.24, 2.45) is 0 Å². The van der Waals surface area contributed by atoms with Gasteiger partial charge in [0.1, 0.15) is 22.8 Å². The lowest BCUT2D eigenvalue weighted by Crippen LogP contribution is -2.37. The third-order valence-electron chi connectivity index (χ3n) is 4.02. The summed E-state index contributed by atoms with van der Waals surface area (Å²) < 4.78 is 6.79. The van der Waals surface area contributed by atoms with E-state index in [1.165, 1.54) is 0 Å². The molecule has 1 aliphatic heterocycles. The Morgan fingerprint density at radius 1 is 1.42 bits per heavy atom. The summed E-state index contributed by atoms with van der Waals surface area (Å²) in [6, 6.07) is 6.90. The Hall–Kier alpha value is -3.16. The second-order valence-electron chi connectivity index (χ2n) is 5.84. The van der Waals surface area contributed by atoms with E-state index in [-0.39, 0.29) is 23.6 Å². The molecule has 8 nitrogen and oxygen atoms in total. The number of nitrogens with zero attached hydrogens (tertiary/aromatic N) is 3. The molecule has 0 aromatic carbocycles. The van der Waals surface area contributed by atoms with Gasteiger partial charge in [-0.2, -0.15) is 0 Å². The van der Waals surface area contributed by atoms with Gasteiger partial charge >= 0.3 is 0 Å². The average Bonchev–Trinajstić information content (AvgIpc) is 3.14. The first-order valence-electron chi connectivity index (χ1n) is 7.58. The van der Waals surface area contributed by atoms with Crippen LogP contribution >= 0.6 is 0 Å². The van der Waals surface area contributed by atoms with Crippen LogP contribution in [0.3, 0.4) is 0 Å². The number of hydrogen-bond acceptors (Lipinski definition) is 5. The van der Waals surface area contributed by atoms with Crippen LogP contribution in [-0.4, -0.2) is 33.1 Å². The minimum atomic E-state index is -0.381. The molecule has 0 bridgehead atoms. The number of nitrogens with one attached hydrogen (secondary N) is 2. The van der Waals surface area contributed by atoms with Crippen LogP contribution in [0.15, 0.2) is 28.8 Å². The molecule has 122 valence electrons. The number of rotatable bonds is 2. The molecule has 0 radical (unpaired) electrons. The van der Waals surface area contributed by atoms with Crippen LogP contribution < -0.4 is 10.6 Å². The molecule has 3 aromatic rings. The fourth-order valence-corrected chi connectivity index (χ4v) is 2.87. The van der Waals surface area contributed by atoms with Gasteiger partial charge in [0, 0.05) is 18.0 Å². The van der Waals surface area contributed by atoms with Crippen molar-refractivity contribution in [1.82, 2.24) is 20.0 Å². The zero-order valence-corrected chi connectivity index (χ0v) is 13.2. The molecular weight excluding hydrogens is 310 g/mol. The standard InChI is InChI=1S/C16H15N5O3/c1-8-7-17-16(23)12-6-10-3-4-11(18-14(10)21(8)12)15(22)19-13-5-9(2)24-20-13/h3-6,8H,7H2,1-2H3,(H,17,23)(H,19,20,22)/t8-/m0/s1. The van der Waals surface area contributed by atoms with Gasteiger partial charge in [0.2, 0.25) is 0 Å². The number of aromatic nitrogens is 3. The Labute approximate surface area is 136 Å². The quantitative estimate of drug-likeness (QED) is 0.749. The van der Waals surface area contributed by atoms with E-state index < -0.39 is 0 Å². The topological polar surface area (TPSA) is 102 Å². The molecule has 1 atom stereocenters. The summed E-state index contributed by atoms with van der Waals surface area (Å²) in [5.41, 5.74) is 1.43. The van der Waals surface area contributed by atoms with Crippen LogP contribution in [-0.2, 0) is 0 Å². The van der Waals surface area contributed by atoms with E-state index in [0.29, 0.717) is 29.5 Å².